The molecule has 4 atom stereocenters. The molecule has 2 aliphatic heterocycles. The highest BCUT2D eigenvalue weighted by Crippen LogP contribution is 2.37. The normalized spacial score (nSPS) is 35.0. The van der Waals surface area contributed by atoms with E-state index in [2.05, 4.69) is 6.92 Å². The third-order valence-electron chi connectivity index (χ3n) is 5.87. The Morgan fingerprint density at radius 3 is 2.57 bits per heavy atom. The number of methoxy groups -OCH3 is 1. The maximum absolute atomic E-state index is 12.9. The monoisotopic (exact) mass is 323 g/mol. The molecule has 0 aromatic heterocycles. The molecular formula is C18H29NO4. The number of amides is 1. The molecule has 0 bridgehead atoms. The van der Waals surface area contributed by atoms with Crippen molar-refractivity contribution in [1.82, 2.24) is 4.90 Å². The van der Waals surface area contributed by atoms with Crippen molar-refractivity contribution in [3.05, 3.63) is 0 Å². The fourth-order valence-corrected chi connectivity index (χ4v) is 4.61. The summed E-state index contributed by atoms with van der Waals surface area (Å²) in [5.41, 5.74) is 0. The van der Waals surface area contributed by atoms with Gasteiger partial charge in [-0.1, -0.05) is 19.3 Å². The summed E-state index contributed by atoms with van der Waals surface area (Å²) in [6.07, 6.45) is 8.79. The van der Waals surface area contributed by atoms with Crippen LogP contribution >= 0.6 is 0 Å². The first-order chi connectivity index (χ1) is 11.1. The molecule has 5 nitrogen and oxygen atoms in total. The highest BCUT2D eigenvalue weighted by atomic mass is 16.6. The lowest BCUT2D eigenvalue weighted by Gasteiger charge is -2.42. The van der Waals surface area contributed by atoms with Crippen LogP contribution < -0.4 is 0 Å². The first kappa shape index (κ1) is 16.7. The number of likely N-dealkylation sites (tertiary alicyclic amines) is 1. The van der Waals surface area contributed by atoms with Gasteiger partial charge in [-0.25, -0.2) is 4.79 Å². The summed E-state index contributed by atoms with van der Waals surface area (Å²) in [7, 11) is 1.39. The fraction of sp³-hybridized carbons (Fsp3) is 0.889. The van der Waals surface area contributed by atoms with Gasteiger partial charge in [-0.05, 0) is 38.5 Å². The maximum atomic E-state index is 12.9. The van der Waals surface area contributed by atoms with Gasteiger partial charge in [0.25, 0.3) is 0 Å². The van der Waals surface area contributed by atoms with Gasteiger partial charge in [-0.2, -0.15) is 0 Å². The topological polar surface area (TPSA) is 55.8 Å². The van der Waals surface area contributed by atoms with Crippen molar-refractivity contribution >= 4 is 11.9 Å². The summed E-state index contributed by atoms with van der Waals surface area (Å²) in [6.45, 7) is 2.13. The van der Waals surface area contributed by atoms with E-state index < -0.39 is 6.10 Å². The Kier molecular flexibility index (Phi) is 5.24. The minimum Gasteiger partial charge on any atom is -0.467 e. The third-order valence-corrected chi connectivity index (χ3v) is 5.87. The van der Waals surface area contributed by atoms with Crippen LogP contribution in [0.25, 0.3) is 0 Å². The highest BCUT2D eigenvalue weighted by molar-refractivity contribution is 5.78. The predicted octanol–water partition coefficient (Wildman–Crippen LogP) is 2.67. The van der Waals surface area contributed by atoms with E-state index in [1.54, 1.807) is 0 Å². The first-order valence-corrected chi connectivity index (χ1v) is 9.14. The van der Waals surface area contributed by atoms with E-state index >= 15 is 0 Å². The number of rotatable bonds is 3. The zero-order valence-electron chi connectivity index (χ0n) is 14.3. The van der Waals surface area contributed by atoms with E-state index in [0.717, 1.165) is 12.8 Å². The first-order valence-electron chi connectivity index (χ1n) is 9.14. The number of nitrogens with zero attached hydrogens (tertiary/aromatic N) is 1. The molecule has 2 heterocycles. The van der Waals surface area contributed by atoms with Gasteiger partial charge in [0.1, 0.15) is 0 Å². The molecule has 5 heteroatoms. The van der Waals surface area contributed by atoms with E-state index in [9.17, 15) is 9.59 Å². The molecule has 0 aromatic rings. The van der Waals surface area contributed by atoms with Gasteiger partial charge in [0.2, 0.25) is 5.91 Å². The van der Waals surface area contributed by atoms with Gasteiger partial charge in [-0.15, -0.1) is 0 Å². The molecule has 23 heavy (non-hydrogen) atoms. The second-order valence-electron chi connectivity index (χ2n) is 7.42. The van der Waals surface area contributed by atoms with Crippen molar-refractivity contribution in [2.45, 2.75) is 89.0 Å². The van der Waals surface area contributed by atoms with Gasteiger partial charge in [0, 0.05) is 18.9 Å². The zero-order valence-corrected chi connectivity index (χ0v) is 14.3. The molecule has 2 saturated heterocycles. The Hall–Kier alpha value is -1.10. The molecule has 0 unspecified atom stereocenters. The minimum atomic E-state index is -0.509. The molecule has 1 amide bonds. The maximum Gasteiger partial charge on any atom is 0.335 e. The Morgan fingerprint density at radius 1 is 1.13 bits per heavy atom. The summed E-state index contributed by atoms with van der Waals surface area (Å²) in [6, 6.07) is 0.284. The SMILES string of the molecule is COC(=O)[C@@H]1C[C@@H]2[C@@H](CC[C@H](C)N2C(=O)CC2CCCCC2)O1. The van der Waals surface area contributed by atoms with Crippen LogP contribution in [-0.4, -0.2) is 48.2 Å². The van der Waals surface area contributed by atoms with Gasteiger partial charge < -0.3 is 14.4 Å². The van der Waals surface area contributed by atoms with Gasteiger partial charge in [0.15, 0.2) is 6.10 Å². The molecule has 130 valence electrons. The number of fused-ring (bicyclic) bond motifs is 1. The lowest BCUT2D eigenvalue weighted by molar-refractivity contribution is -0.154. The summed E-state index contributed by atoms with van der Waals surface area (Å²) < 4.78 is 10.7. The number of piperidine rings is 1. The second kappa shape index (κ2) is 7.20. The van der Waals surface area contributed by atoms with E-state index in [-0.39, 0.29) is 30.1 Å². The van der Waals surface area contributed by atoms with E-state index in [1.807, 2.05) is 4.90 Å². The van der Waals surface area contributed by atoms with Gasteiger partial charge >= 0.3 is 5.97 Å². The molecule has 1 saturated carbocycles. The lowest BCUT2D eigenvalue weighted by atomic mass is 9.85. The molecule has 0 spiro atoms. The number of hydrogen-bond acceptors (Lipinski definition) is 4. The van der Waals surface area contributed by atoms with Crippen LogP contribution in [0.1, 0.15) is 64.7 Å². The zero-order chi connectivity index (χ0) is 16.4. The van der Waals surface area contributed by atoms with E-state index in [0.29, 0.717) is 18.8 Å². The quantitative estimate of drug-likeness (QED) is 0.749. The second-order valence-corrected chi connectivity index (χ2v) is 7.42. The van der Waals surface area contributed by atoms with Crippen molar-refractivity contribution in [3.63, 3.8) is 0 Å². The number of carbonyl (C=O) groups is 2. The number of carbonyl (C=O) groups excluding carboxylic acids is 2. The summed E-state index contributed by atoms with van der Waals surface area (Å²) in [4.78, 5) is 26.7. The predicted molar refractivity (Wildman–Crippen MR) is 85.8 cm³/mol. The van der Waals surface area contributed by atoms with Crippen LogP contribution in [0, 0.1) is 5.92 Å². The van der Waals surface area contributed by atoms with Crippen molar-refractivity contribution in [2.24, 2.45) is 5.92 Å². The van der Waals surface area contributed by atoms with Crippen LogP contribution in [0.3, 0.4) is 0 Å². The Balaban J connectivity index is 1.66. The number of ether oxygens (including phenoxy) is 2. The van der Waals surface area contributed by atoms with Crippen molar-refractivity contribution in [2.75, 3.05) is 7.11 Å². The molecule has 3 fully saturated rings. The standard InChI is InChI=1S/C18H29NO4/c1-12-8-9-15-14(11-16(23-15)18(21)22-2)19(12)17(20)10-13-6-4-3-5-7-13/h12-16H,3-11H2,1-2H3/t12-,14+,15+,16-/m0/s1. The van der Waals surface area contributed by atoms with Gasteiger partial charge in [-0.3, -0.25) is 4.79 Å². The summed E-state index contributed by atoms with van der Waals surface area (Å²) in [5, 5.41) is 0. The molecule has 3 aliphatic rings. The van der Waals surface area contributed by atoms with Crippen LogP contribution in [0.5, 0.6) is 0 Å². The molecule has 3 rings (SSSR count). The molecule has 1 aliphatic carbocycles. The van der Waals surface area contributed by atoms with Crippen LogP contribution in [-0.2, 0) is 19.1 Å². The largest absolute Gasteiger partial charge is 0.467 e. The molecule has 0 N–H and O–H groups in total. The highest BCUT2D eigenvalue weighted by Gasteiger charge is 2.47. The Morgan fingerprint density at radius 2 is 1.87 bits per heavy atom. The minimum absolute atomic E-state index is 0.00870. The molecule has 0 aromatic carbocycles. The van der Waals surface area contributed by atoms with Crippen LogP contribution in [0.15, 0.2) is 0 Å². The lowest BCUT2D eigenvalue weighted by Crippen LogP contribution is -2.53. The summed E-state index contributed by atoms with van der Waals surface area (Å²) in [5.74, 6) is 0.488. The summed E-state index contributed by atoms with van der Waals surface area (Å²) >= 11 is 0. The molecule has 0 radical (unpaired) electrons. The Labute approximate surface area is 138 Å². The van der Waals surface area contributed by atoms with E-state index in [1.165, 1.54) is 39.2 Å². The van der Waals surface area contributed by atoms with Gasteiger partial charge in [0.05, 0.1) is 19.3 Å². The van der Waals surface area contributed by atoms with Crippen LogP contribution in [0.4, 0.5) is 0 Å². The van der Waals surface area contributed by atoms with Crippen molar-refractivity contribution in [3.8, 4) is 0 Å². The fourth-order valence-electron chi connectivity index (χ4n) is 4.61. The Bertz CT molecular complexity index is 446. The molecular weight excluding hydrogens is 294 g/mol. The smallest absolute Gasteiger partial charge is 0.335 e. The van der Waals surface area contributed by atoms with Crippen LogP contribution in [0.2, 0.25) is 0 Å². The average Bonchev–Trinajstić information content (AvgIpc) is 2.98. The van der Waals surface area contributed by atoms with Crippen molar-refractivity contribution in [1.29, 1.82) is 0 Å². The number of esters is 1. The number of hydrogen-bond donors (Lipinski definition) is 0. The third kappa shape index (κ3) is 3.54. The van der Waals surface area contributed by atoms with E-state index in [4.69, 9.17) is 9.47 Å². The average molecular weight is 323 g/mol. The van der Waals surface area contributed by atoms with Crippen molar-refractivity contribution < 1.29 is 19.1 Å².